The van der Waals surface area contributed by atoms with E-state index in [2.05, 4.69) is 10.2 Å². The summed E-state index contributed by atoms with van der Waals surface area (Å²) in [6.07, 6.45) is -4.87. The van der Waals surface area contributed by atoms with Crippen molar-refractivity contribution in [3.63, 3.8) is 0 Å². The molecule has 0 saturated heterocycles. The van der Waals surface area contributed by atoms with E-state index in [4.69, 9.17) is 9.47 Å². The molecule has 9 heteroatoms. The summed E-state index contributed by atoms with van der Waals surface area (Å²) in [6.45, 7) is 3.34. The Morgan fingerprint density at radius 1 is 1.21 bits per heavy atom. The quantitative estimate of drug-likeness (QED) is 0.507. The molecule has 0 aliphatic heterocycles. The van der Waals surface area contributed by atoms with Gasteiger partial charge in [-0.15, -0.1) is 10.2 Å². The predicted molar refractivity (Wildman–Crippen MR) is 86.8 cm³/mol. The van der Waals surface area contributed by atoms with Crippen LogP contribution in [0.25, 0.3) is 0 Å². The van der Waals surface area contributed by atoms with Crippen molar-refractivity contribution < 1.29 is 27.4 Å². The number of aromatic nitrogens is 2. The lowest BCUT2D eigenvalue weighted by Crippen LogP contribution is -2.14. The van der Waals surface area contributed by atoms with E-state index in [1.165, 1.54) is 18.2 Å². The highest BCUT2D eigenvalue weighted by atomic mass is 127. The number of benzene rings is 1. The first kappa shape index (κ1) is 18.4. The topological polar surface area (TPSA) is 61.3 Å². The van der Waals surface area contributed by atoms with E-state index in [9.17, 15) is 18.0 Å². The molecule has 1 aromatic heterocycles. The average molecular weight is 452 g/mol. The van der Waals surface area contributed by atoms with Crippen molar-refractivity contribution in [2.24, 2.45) is 0 Å². The summed E-state index contributed by atoms with van der Waals surface area (Å²) in [5.74, 6) is -1.03. The van der Waals surface area contributed by atoms with Gasteiger partial charge in [-0.2, -0.15) is 13.2 Å². The molecule has 0 aliphatic carbocycles. The van der Waals surface area contributed by atoms with Gasteiger partial charge >= 0.3 is 12.1 Å². The normalized spacial score (nSPS) is 11.5. The van der Waals surface area contributed by atoms with Crippen molar-refractivity contribution in [3.8, 4) is 11.6 Å². The maximum absolute atomic E-state index is 12.8. The Balaban J connectivity index is 2.35. The third kappa shape index (κ3) is 4.79. The molecule has 24 heavy (non-hydrogen) atoms. The number of carbonyl (C=O) groups is 1. The second kappa shape index (κ2) is 7.32. The first-order valence-corrected chi connectivity index (χ1v) is 7.84. The molecule has 0 radical (unpaired) electrons. The molecular formula is C15H12F3IN2O3. The molecule has 0 spiro atoms. The summed E-state index contributed by atoms with van der Waals surface area (Å²) >= 11 is 1.85. The molecule has 0 atom stereocenters. The van der Waals surface area contributed by atoms with E-state index in [0.717, 1.165) is 12.1 Å². The molecule has 0 unspecified atom stereocenters. The molecule has 0 saturated carbocycles. The van der Waals surface area contributed by atoms with Gasteiger partial charge in [-0.05, 0) is 60.7 Å². The number of alkyl halides is 3. The van der Waals surface area contributed by atoms with Crippen molar-refractivity contribution in [1.82, 2.24) is 10.2 Å². The van der Waals surface area contributed by atoms with Crippen molar-refractivity contribution >= 4 is 28.6 Å². The van der Waals surface area contributed by atoms with Crippen LogP contribution >= 0.6 is 22.6 Å². The lowest BCUT2D eigenvalue weighted by Gasteiger charge is -2.12. The lowest BCUT2D eigenvalue weighted by molar-refractivity contribution is -0.137. The Bertz CT molecular complexity index is 751. The third-order valence-corrected chi connectivity index (χ3v) is 3.20. The van der Waals surface area contributed by atoms with Crippen LogP contribution < -0.4 is 4.74 Å². The summed E-state index contributed by atoms with van der Waals surface area (Å²) in [4.78, 5) is 12.1. The highest BCUT2D eigenvalue weighted by molar-refractivity contribution is 14.1. The highest BCUT2D eigenvalue weighted by Gasteiger charge is 2.31. The van der Waals surface area contributed by atoms with E-state index in [1.54, 1.807) is 13.8 Å². The smallest absolute Gasteiger partial charge is 0.416 e. The number of halogens is 4. The van der Waals surface area contributed by atoms with Gasteiger partial charge in [0.05, 0.1) is 11.7 Å². The summed E-state index contributed by atoms with van der Waals surface area (Å²) in [6, 6.07) is 5.65. The largest absolute Gasteiger partial charge is 0.459 e. The Labute approximate surface area is 149 Å². The van der Waals surface area contributed by atoms with Crippen LogP contribution in [-0.4, -0.2) is 22.3 Å². The van der Waals surface area contributed by atoms with Gasteiger partial charge in [0, 0.05) is 0 Å². The Morgan fingerprint density at radius 3 is 2.54 bits per heavy atom. The summed E-state index contributed by atoms with van der Waals surface area (Å²) in [5, 5.41) is 7.48. The number of rotatable bonds is 4. The number of esters is 1. The van der Waals surface area contributed by atoms with Gasteiger partial charge in [-0.3, -0.25) is 0 Å². The molecule has 0 amide bonds. The van der Waals surface area contributed by atoms with E-state index in [-0.39, 0.29) is 23.3 Å². The fourth-order valence-corrected chi connectivity index (χ4v) is 2.12. The maximum atomic E-state index is 12.8. The predicted octanol–water partition coefficient (Wildman–Crippen LogP) is 4.46. The van der Waals surface area contributed by atoms with Gasteiger partial charge in [0.2, 0.25) is 0 Å². The van der Waals surface area contributed by atoms with Gasteiger partial charge in [0.1, 0.15) is 15.0 Å². The minimum atomic E-state index is -4.50. The number of ether oxygens (including phenoxy) is 2. The minimum absolute atomic E-state index is 0.0134. The van der Waals surface area contributed by atoms with Crippen LogP contribution in [0.15, 0.2) is 30.3 Å². The number of hydrogen-bond acceptors (Lipinski definition) is 5. The summed E-state index contributed by atoms with van der Waals surface area (Å²) < 4.78 is 49.1. The Morgan fingerprint density at radius 2 is 1.92 bits per heavy atom. The van der Waals surface area contributed by atoms with Crippen molar-refractivity contribution in [2.75, 3.05) is 0 Å². The van der Waals surface area contributed by atoms with Gasteiger partial charge < -0.3 is 9.47 Å². The first-order valence-electron chi connectivity index (χ1n) is 6.76. The van der Waals surface area contributed by atoms with Crippen LogP contribution in [0.2, 0.25) is 0 Å². The van der Waals surface area contributed by atoms with Crippen molar-refractivity contribution in [3.05, 3.63) is 45.2 Å². The van der Waals surface area contributed by atoms with Crippen molar-refractivity contribution in [2.45, 2.75) is 26.1 Å². The van der Waals surface area contributed by atoms with Gasteiger partial charge in [0.15, 0.2) is 0 Å². The molecule has 0 N–H and O–H groups in total. The van der Waals surface area contributed by atoms with Crippen LogP contribution in [0.3, 0.4) is 0 Å². The van der Waals surface area contributed by atoms with Crippen molar-refractivity contribution in [1.29, 1.82) is 0 Å². The maximum Gasteiger partial charge on any atom is 0.416 e. The number of carbonyl (C=O) groups excluding carboxylic acids is 1. The number of hydrogen-bond donors (Lipinski definition) is 0. The highest BCUT2D eigenvalue weighted by Crippen LogP contribution is 2.33. The second-order valence-corrected chi connectivity index (χ2v) is 6.07. The van der Waals surface area contributed by atoms with Gasteiger partial charge in [0.25, 0.3) is 5.88 Å². The SMILES string of the molecule is CC(C)OC(=O)c1cc(I)nnc1Oc1cccc(C(F)(F)F)c1. The van der Waals surface area contributed by atoms with E-state index in [0.29, 0.717) is 3.70 Å². The van der Waals surface area contributed by atoms with Gasteiger partial charge in [-0.1, -0.05) is 6.07 Å². The van der Waals surface area contributed by atoms with Crippen LogP contribution in [-0.2, 0) is 10.9 Å². The number of nitrogens with zero attached hydrogens (tertiary/aromatic N) is 2. The summed E-state index contributed by atoms with van der Waals surface area (Å²) in [5.41, 5.74) is -0.884. The second-order valence-electron chi connectivity index (χ2n) is 4.97. The zero-order chi connectivity index (χ0) is 17.9. The lowest BCUT2D eigenvalue weighted by atomic mass is 10.2. The van der Waals surface area contributed by atoms with Crippen LogP contribution in [0.1, 0.15) is 29.8 Å². The first-order chi connectivity index (χ1) is 11.2. The zero-order valence-electron chi connectivity index (χ0n) is 12.6. The fourth-order valence-electron chi connectivity index (χ4n) is 1.70. The minimum Gasteiger partial charge on any atom is -0.459 e. The Kier molecular flexibility index (Phi) is 5.62. The van der Waals surface area contributed by atoms with E-state index >= 15 is 0 Å². The molecular weight excluding hydrogens is 440 g/mol. The molecule has 128 valence electrons. The van der Waals surface area contributed by atoms with Gasteiger partial charge in [-0.25, -0.2) is 4.79 Å². The molecule has 5 nitrogen and oxygen atoms in total. The summed E-state index contributed by atoms with van der Waals surface area (Å²) in [7, 11) is 0. The standard InChI is InChI=1S/C15H12F3IN2O3/c1-8(2)23-14(22)11-7-12(19)20-21-13(11)24-10-5-3-4-9(6-10)15(16,17)18/h3-8H,1-2H3. The third-order valence-electron chi connectivity index (χ3n) is 2.67. The fraction of sp³-hybridized carbons (Fsp3) is 0.267. The molecule has 0 bridgehead atoms. The molecule has 1 heterocycles. The molecule has 2 aromatic rings. The van der Waals surface area contributed by atoms with Crippen LogP contribution in [0, 0.1) is 3.70 Å². The van der Waals surface area contributed by atoms with Crippen LogP contribution in [0.4, 0.5) is 13.2 Å². The monoisotopic (exact) mass is 452 g/mol. The van der Waals surface area contributed by atoms with E-state index in [1.807, 2.05) is 22.6 Å². The zero-order valence-corrected chi connectivity index (χ0v) is 14.8. The molecule has 0 aliphatic rings. The van der Waals surface area contributed by atoms with Crippen LogP contribution in [0.5, 0.6) is 11.6 Å². The molecule has 2 rings (SSSR count). The molecule has 1 aromatic carbocycles. The average Bonchev–Trinajstić information content (AvgIpc) is 2.48. The molecule has 0 fully saturated rings. The Hall–Kier alpha value is -1.91. The van der Waals surface area contributed by atoms with E-state index < -0.39 is 17.7 Å².